The van der Waals surface area contributed by atoms with Crippen LogP contribution in [-0.2, 0) is 30.8 Å². The molecular weight excluding hydrogens is 730 g/mol. The van der Waals surface area contributed by atoms with Crippen molar-refractivity contribution < 1.29 is 31.9 Å². The van der Waals surface area contributed by atoms with Gasteiger partial charge in [-0.25, -0.2) is 17.8 Å². The van der Waals surface area contributed by atoms with Crippen molar-refractivity contribution in [2.45, 2.75) is 94.9 Å². The Balaban J connectivity index is 1.14. The Labute approximate surface area is 327 Å². The van der Waals surface area contributed by atoms with Crippen LogP contribution in [-0.4, -0.2) is 59.8 Å². The number of nitrogens with zero attached hydrogens (tertiary/aromatic N) is 2. The number of hydrogen-bond donors (Lipinski definition) is 1. The van der Waals surface area contributed by atoms with Crippen molar-refractivity contribution in [2.75, 3.05) is 6.54 Å². The number of aromatic nitrogens is 1. The van der Waals surface area contributed by atoms with Crippen LogP contribution >= 0.6 is 0 Å². The molecule has 0 spiro atoms. The van der Waals surface area contributed by atoms with E-state index in [0.717, 1.165) is 53.4 Å². The van der Waals surface area contributed by atoms with Gasteiger partial charge in [-0.1, -0.05) is 73.5 Å². The number of benzene rings is 3. The van der Waals surface area contributed by atoms with Gasteiger partial charge >= 0.3 is 0 Å². The number of fused-ring (bicyclic) bond motifs is 3. The van der Waals surface area contributed by atoms with Gasteiger partial charge in [0.05, 0.1) is 34.5 Å². The number of halogens is 1. The maximum atomic E-state index is 14.8. The molecule has 8 rings (SSSR count). The fourth-order valence-electron chi connectivity index (χ4n) is 8.61. The third kappa shape index (κ3) is 8.14. The van der Waals surface area contributed by atoms with E-state index in [1.165, 1.54) is 12.1 Å². The Morgan fingerprint density at radius 2 is 1.80 bits per heavy atom. The van der Waals surface area contributed by atoms with Gasteiger partial charge in [0.15, 0.2) is 5.78 Å². The van der Waals surface area contributed by atoms with Crippen LogP contribution in [0.4, 0.5) is 4.39 Å². The lowest BCUT2D eigenvalue weighted by Gasteiger charge is -2.29. The van der Waals surface area contributed by atoms with Crippen molar-refractivity contribution in [3.05, 3.63) is 108 Å². The molecule has 1 N–H and O–H groups in total. The van der Waals surface area contributed by atoms with Crippen LogP contribution in [0.2, 0.25) is 0 Å². The minimum atomic E-state index is -3.84. The van der Waals surface area contributed by atoms with Gasteiger partial charge in [-0.3, -0.25) is 19.1 Å². The average molecular weight is 778 g/mol. The molecule has 2 amide bonds. The Bertz CT molecular complexity index is 2290. The lowest BCUT2D eigenvalue weighted by molar-refractivity contribution is -0.142. The van der Waals surface area contributed by atoms with Crippen molar-refractivity contribution >= 4 is 38.5 Å². The zero-order valence-electron chi connectivity index (χ0n) is 31.7. The number of amides is 2. The lowest BCUT2D eigenvalue weighted by atomic mass is 9.90. The van der Waals surface area contributed by atoms with E-state index >= 15 is 0 Å². The van der Waals surface area contributed by atoms with E-state index in [-0.39, 0.29) is 42.8 Å². The van der Waals surface area contributed by atoms with E-state index in [1.54, 1.807) is 11.0 Å². The van der Waals surface area contributed by atoms with Gasteiger partial charge in [0.1, 0.15) is 17.7 Å². The Morgan fingerprint density at radius 1 is 0.982 bits per heavy atom. The van der Waals surface area contributed by atoms with E-state index < -0.39 is 44.7 Å². The fraction of sp³-hybridized carbons (Fsp3) is 0.422. The minimum Gasteiger partial charge on any atom is -0.488 e. The van der Waals surface area contributed by atoms with Crippen molar-refractivity contribution in [1.82, 2.24) is 14.6 Å². The molecule has 3 aromatic carbocycles. The lowest BCUT2D eigenvalue weighted by Crippen LogP contribution is -2.46. The summed E-state index contributed by atoms with van der Waals surface area (Å²) in [4.78, 5) is 49.9. The molecule has 4 aliphatic rings. The highest BCUT2D eigenvalue weighted by molar-refractivity contribution is 7.90. The summed E-state index contributed by atoms with van der Waals surface area (Å²) in [6, 6.07) is 23.1. The van der Waals surface area contributed by atoms with Crippen LogP contribution in [0.15, 0.2) is 91.0 Å². The minimum absolute atomic E-state index is 0.143. The number of ether oxygens (including phenoxy) is 1. The normalized spacial score (nSPS) is 26.4. The molecule has 4 aromatic rings. The standard InChI is InChI=1S/C45H48FN3O6S/c1-29-17-20-37-39(21-29)47-38(31-12-7-5-8-13-31)25-42(37)55-35-24-40-41(50)27-45(44(52)48-56(53,54)36-18-19-36)26-33(45)15-9-4-2-3-6-14-32(43(51)49(40)28-35)22-30-11-10-16-34(46)23-30/h5,7-13,15-17,20-21,23,25,32-33,35-36,40H,2-4,6,14,18-19,22,24,26-28H2,1H3,(H,48,52)/b15-9-/t32-,33-,35-,40+,45-/m1/s1. The van der Waals surface area contributed by atoms with E-state index in [1.807, 2.05) is 79.7 Å². The average Bonchev–Trinajstić information content (AvgIpc) is 4.10. The summed E-state index contributed by atoms with van der Waals surface area (Å²) in [6.45, 7) is 2.15. The molecule has 2 aliphatic heterocycles. The first-order chi connectivity index (χ1) is 27.0. The highest BCUT2D eigenvalue weighted by atomic mass is 32.2. The first kappa shape index (κ1) is 38.0. The van der Waals surface area contributed by atoms with Crippen molar-refractivity contribution in [3.63, 3.8) is 0 Å². The predicted octanol–water partition coefficient (Wildman–Crippen LogP) is 7.65. The number of allylic oxidation sites excluding steroid dienone is 2. The number of carbonyl (C=O) groups excluding carboxylic acids is 3. The second kappa shape index (κ2) is 15.6. The number of nitrogens with one attached hydrogen (secondary N) is 1. The molecule has 9 nitrogen and oxygen atoms in total. The van der Waals surface area contributed by atoms with Gasteiger partial charge in [0, 0.05) is 35.8 Å². The molecule has 1 aromatic heterocycles. The molecule has 3 heterocycles. The zero-order chi connectivity index (χ0) is 39.0. The summed E-state index contributed by atoms with van der Waals surface area (Å²) in [7, 11) is -3.84. The molecular formula is C45H48FN3O6S. The number of ketones is 1. The van der Waals surface area contributed by atoms with Crippen molar-refractivity contribution in [1.29, 1.82) is 0 Å². The maximum Gasteiger partial charge on any atom is 0.240 e. The topological polar surface area (TPSA) is 123 Å². The number of carbonyl (C=O) groups is 3. The van der Waals surface area contributed by atoms with Crippen molar-refractivity contribution in [3.8, 4) is 17.0 Å². The third-order valence-electron chi connectivity index (χ3n) is 12.0. The van der Waals surface area contributed by atoms with Crippen LogP contribution in [0.1, 0.15) is 75.3 Å². The van der Waals surface area contributed by atoms with Crippen molar-refractivity contribution in [2.24, 2.45) is 17.3 Å². The van der Waals surface area contributed by atoms with Gasteiger partial charge < -0.3 is 9.64 Å². The molecule has 3 fully saturated rings. The molecule has 56 heavy (non-hydrogen) atoms. The summed E-state index contributed by atoms with van der Waals surface area (Å²) in [6.07, 6.45) is 9.02. The monoisotopic (exact) mass is 777 g/mol. The van der Waals surface area contributed by atoms with Crippen LogP contribution in [0.3, 0.4) is 0 Å². The van der Waals surface area contributed by atoms with E-state index in [2.05, 4.69) is 4.72 Å². The van der Waals surface area contributed by atoms with Gasteiger partial charge in [-0.05, 0) is 93.2 Å². The van der Waals surface area contributed by atoms with Crippen LogP contribution in [0, 0.1) is 30.0 Å². The largest absolute Gasteiger partial charge is 0.488 e. The van der Waals surface area contributed by atoms with Crippen LogP contribution in [0.25, 0.3) is 22.2 Å². The SMILES string of the molecule is Cc1ccc2c(O[C@@H]3C[C@H]4C(=O)C[C@]5(C(=O)NS(=O)(=O)C6CC6)C[C@H]5/C=C\CCCCC[C@H](Cc5cccc(F)c5)C(=O)N4C3)cc(-c3ccccc3)nc2c1. The highest BCUT2D eigenvalue weighted by Gasteiger charge is 2.61. The van der Waals surface area contributed by atoms with Gasteiger partial charge in [-0.2, -0.15) is 0 Å². The molecule has 0 unspecified atom stereocenters. The number of rotatable bonds is 8. The van der Waals surface area contributed by atoms with E-state index in [4.69, 9.17) is 9.72 Å². The van der Waals surface area contributed by atoms with Crippen LogP contribution < -0.4 is 9.46 Å². The highest BCUT2D eigenvalue weighted by Crippen LogP contribution is 2.57. The summed E-state index contributed by atoms with van der Waals surface area (Å²) >= 11 is 0. The fourth-order valence-corrected chi connectivity index (χ4v) is 9.99. The Morgan fingerprint density at radius 3 is 2.59 bits per heavy atom. The quantitative estimate of drug-likeness (QED) is 0.183. The summed E-state index contributed by atoms with van der Waals surface area (Å²) < 4.78 is 49.3. The van der Waals surface area contributed by atoms with E-state index in [9.17, 15) is 27.2 Å². The Kier molecular flexibility index (Phi) is 10.6. The summed E-state index contributed by atoms with van der Waals surface area (Å²) in [5, 5.41) is 0.224. The molecule has 11 heteroatoms. The number of sulfonamides is 1. The van der Waals surface area contributed by atoms with E-state index in [0.29, 0.717) is 43.4 Å². The molecule has 2 saturated carbocycles. The number of aryl methyl sites for hydroxylation is 1. The zero-order valence-corrected chi connectivity index (χ0v) is 32.5. The van der Waals surface area contributed by atoms with Crippen LogP contribution in [0.5, 0.6) is 5.75 Å². The third-order valence-corrected chi connectivity index (χ3v) is 13.8. The molecule has 0 radical (unpaired) electrons. The van der Waals surface area contributed by atoms with Gasteiger partial charge in [0.2, 0.25) is 21.8 Å². The number of pyridine rings is 1. The first-order valence-corrected chi connectivity index (χ1v) is 21.5. The van der Waals surface area contributed by atoms with Gasteiger partial charge in [0.25, 0.3) is 0 Å². The molecule has 0 bridgehead atoms. The summed E-state index contributed by atoms with van der Waals surface area (Å²) in [5.74, 6) is -1.71. The molecule has 1 saturated heterocycles. The number of Topliss-reactive ketones (excluding diaryl/α,β-unsaturated/α-hetero) is 1. The molecule has 292 valence electrons. The first-order valence-electron chi connectivity index (χ1n) is 19.9. The smallest absolute Gasteiger partial charge is 0.240 e. The summed E-state index contributed by atoms with van der Waals surface area (Å²) in [5.41, 5.74) is 2.96. The number of hydrogen-bond acceptors (Lipinski definition) is 7. The molecule has 5 atom stereocenters. The maximum absolute atomic E-state index is 14.8. The Hall–Kier alpha value is -4.90. The van der Waals surface area contributed by atoms with Gasteiger partial charge in [-0.15, -0.1) is 0 Å². The molecule has 2 aliphatic carbocycles. The predicted molar refractivity (Wildman–Crippen MR) is 213 cm³/mol. The second-order valence-corrected chi connectivity index (χ2v) is 18.2. The second-order valence-electron chi connectivity index (χ2n) is 16.3.